The van der Waals surface area contributed by atoms with Gasteiger partial charge in [0.1, 0.15) is 5.01 Å². The second-order valence-electron chi connectivity index (χ2n) is 5.45. The molecule has 4 heteroatoms. The van der Waals surface area contributed by atoms with Gasteiger partial charge >= 0.3 is 0 Å². The maximum Gasteiger partial charge on any atom is 0.142 e. The zero-order valence-electron chi connectivity index (χ0n) is 12.0. The first-order valence-electron chi connectivity index (χ1n) is 7.38. The molecular weight excluding hydrogens is 278 g/mol. The Balaban J connectivity index is 1.80. The summed E-state index contributed by atoms with van der Waals surface area (Å²) < 4.78 is 0. The summed E-state index contributed by atoms with van der Waals surface area (Å²) in [7, 11) is 2.02. The molecule has 1 aliphatic carbocycles. The van der Waals surface area contributed by atoms with Crippen LogP contribution in [0.15, 0.2) is 36.4 Å². The van der Waals surface area contributed by atoms with E-state index >= 15 is 0 Å². The topological polar surface area (TPSA) is 37.8 Å². The molecule has 1 aromatic carbocycles. The minimum Gasteiger partial charge on any atom is -0.312 e. The van der Waals surface area contributed by atoms with Crippen LogP contribution in [0.25, 0.3) is 21.6 Å². The van der Waals surface area contributed by atoms with Crippen LogP contribution in [0.3, 0.4) is 0 Å². The van der Waals surface area contributed by atoms with Crippen molar-refractivity contribution < 1.29 is 0 Å². The largest absolute Gasteiger partial charge is 0.312 e. The number of benzene rings is 1. The molecule has 0 amide bonds. The average molecular weight is 295 g/mol. The summed E-state index contributed by atoms with van der Waals surface area (Å²) in [6, 6.07) is 12.8. The Kier molecular flexibility index (Phi) is 3.20. The molecule has 2 aromatic heterocycles. The van der Waals surface area contributed by atoms with Crippen LogP contribution in [-0.2, 0) is 6.42 Å². The number of para-hydroxylation sites is 1. The number of thiazole rings is 1. The zero-order chi connectivity index (χ0) is 14.2. The smallest absolute Gasteiger partial charge is 0.142 e. The van der Waals surface area contributed by atoms with Crippen molar-refractivity contribution in [1.82, 2.24) is 15.3 Å². The molecule has 1 atom stereocenters. The molecule has 1 aliphatic rings. The summed E-state index contributed by atoms with van der Waals surface area (Å²) in [5, 5.41) is 5.60. The van der Waals surface area contributed by atoms with Crippen LogP contribution in [0, 0.1) is 0 Å². The maximum atomic E-state index is 4.87. The van der Waals surface area contributed by atoms with Crippen molar-refractivity contribution in [1.29, 1.82) is 0 Å². The minimum atomic E-state index is 0.402. The standard InChI is InChI=1S/C17H17N3S/c1-18-13-7-4-8-15-16(13)20-17(21-15)14-10-9-11-5-2-3-6-12(11)19-14/h2-3,5-6,9-10,13,18H,4,7-8H2,1H3. The predicted molar refractivity (Wildman–Crippen MR) is 87.6 cm³/mol. The summed E-state index contributed by atoms with van der Waals surface area (Å²) >= 11 is 1.80. The molecule has 1 N–H and O–H groups in total. The number of fused-ring (bicyclic) bond motifs is 2. The lowest BCUT2D eigenvalue weighted by atomic mass is 9.98. The zero-order valence-corrected chi connectivity index (χ0v) is 12.8. The minimum absolute atomic E-state index is 0.402. The number of hydrogen-bond donors (Lipinski definition) is 1. The van der Waals surface area contributed by atoms with Gasteiger partial charge in [0.25, 0.3) is 0 Å². The van der Waals surface area contributed by atoms with E-state index < -0.39 is 0 Å². The Morgan fingerprint density at radius 2 is 2.05 bits per heavy atom. The Hall–Kier alpha value is -1.78. The molecule has 1 unspecified atom stereocenters. The Morgan fingerprint density at radius 1 is 1.14 bits per heavy atom. The van der Waals surface area contributed by atoms with E-state index in [1.807, 2.05) is 19.2 Å². The molecule has 4 rings (SSSR count). The van der Waals surface area contributed by atoms with Crippen molar-refractivity contribution in [2.45, 2.75) is 25.3 Å². The fourth-order valence-electron chi connectivity index (χ4n) is 2.99. The van der Waals surface area contributed by atoms with Crippen LogP contribution in [0.5, 0.6) is 0 Å². The summed E-state index contributed by atoms with van der Waals surface area (Å²) in [4.78, 5) is 11.1. The van der Waals surface area contributed by atoms with Crippen molar-refractivity contribution in [2.75, 3.05) is 7.05 Å². The molecule has 0 saturated heterocycles. The molecule has 0 spiro atoms. The lowest BCUT2D eigenvalue weighted by molar-refractivity contribution is 0.490. The lowest BCUT2D eigenvalue weighted by Crippen LogP contribution is -2.21. The first-order chi connectivity index (χ1) is 10.3. The Bertz CT molecular complexity index is 794. The summed E-state index contributed by atoms with van der Waals surface area (Å²) in [6.45, 7) is 0. The van der Waals surface area contributed by atoms with Crippen LogP contribution >= 0.6 is 11.3 Å². The van der Waals surface area contributed by atoms with Gasteiger partial charge in [0.15, 0.2) is 0 Å². The van der Waals surface area contributed by atoms with Crippen molar-refractivity contribution in [3.8, 4) is 10.7 Å². The SMILES string of the molecule is CNC1CCCc2sc(-c3ccc4ccccc4n3)nc21. The van der Waals surface area contributed by atoms with E-state index in [4.69, 9.17) is 9.97 Å². The van der Waals surface area contributed by atoms with E-state index in [1.165, 1.54) is 28.8 Å². The fraction of sp³-hybridized carbons (Fsp3) is 0.294. The number of rotatable bonds is 2. The highest BCUT2D eigenvalue weighted by Crippen LogP contribution is 2.36. The molecule has 3 nitrogen and oxygen atoms in total. The third kappa shape index (κ3) is 2.24. The number of aromatic nitrogens is 2. The van der Waals surface area contributed by atoms with Gasteiger partial charge in [-0.05, 0) is 38.4 Å². The number of hydrogen-bond acceptors (Lipinski definition) is 4. The molecule has 3 aromatic rings. The van der Waals surface area contributed by atoms with Crippen molar-refractivity contribution in [3.63, 3.8) is 0 Å². The van der Waals surface area contributed by atoms with Gasteiger partial charge in [-0.2, -0.15) is 0 Å². The quantitative estimate of drug-likeness (QED) is 0.777. The molecule has 0 saturated carbocycles. The summed E-state index contributed by atoms with van der Waals surface area (Å²) in [6.07, 6.45) is 3.57. The van der Waals surface area contributed by atoms with Gasteiger partial charge in [-0.15, -0.1) is 11.3 Å². The Labute approximate surface area is 128 Å². The van der Waals surface area contributed by atoms with Crippen molar-refractivity contribution in [2.24, 2.45) is 0 Å². The highest BCUT2D eigenvalue weighted by Gasteiger charge is 2.24. The molecular formula is C17H17N3S. The highest BCUT2D eigenvalue weighted by molar-refractivity contribution is 7.15. The second-order valence-corrected chi connectivity index (χ2v) is 6.53. The van der Waals surface area contributed by atoms with E-state index in [-0.39, 0.29) is 0 Å². The number of pyridine rings is 1. The first kappa shape index (κ1) is 12.9. The Morgan fingerprint density at radius 3 is 2.95 bits per heavy atom. The molecule has 106 valence electrons. The fourth-order valence-corrected chi connectivity index (χ4v) is 4.13. The number of nitrogens with zero attached hydrogens (tertiary/aromatic N) is 2. The summed E-state index contributed by atoms with van der Waals surface area (Å²) in [5.41, 5.74) is 3.26. The highest BCUT2D eigenvalue weighted by atomic mass is 32.1. The molecule has 0 aliphatic heterocycles. The van der Waals surface area contributed by atoms with Gasteiger partial charge in [0.05, 0.1) is 22.9 Å². The predicted octanol–water partition coefficient (Wildman–Crippen LogP) is 3.96. The van der Waals surface area contributed by atoms with E-state index in [0.717, 1.165) is 22.6 Å². The van der Waals surface area contributed by atoms with Gasteiger partial charge in [-0.25, -0.2) is 9.97 Å². The summed E-state index contributed by atoms with van der Waals surface area (Å²) in [5.74, 6) is 0. The maximum absolute atomic E-state index is 4.87. The van der Waals surface area contributed by atoms with Crippen LogP contribution in [-0.4, -0.2) is 17.0 Å². The van der Waals surface area contributed by atoms with Crippen molar-refractivity contribution >= 4 is 22.2 Å². The number of nitrogens with one attached hydrogen (secondary N) is 1. The third-order valence-corrected chi connectivity index (χ3v) is 5.27. The first-order valence-corrected chi connectivity index (χ1v) is 8.20. The van der Waals surface area contributed by atoms with Crippen LogP contribution in [0.2, 0.25) is 0 Å². The van der Waals surface area contributed by atoms with E-state index in [0.29, 0.717) is 6.04 Å². The van der Waals surface area contributed by atoms with Crippen LogP contribution in [0.4, 0.5) is 0 Å². The molecule has 0 radical (unpaired) electrons. The van der Waals surface area contributed by atoms with Gasteiger partial charge in [0, 0.05) is 10.3 Å². The number of aryl methyl sites for hydroxylation is 1. The van der Waals surface area contributed by atoms with Gasteiger partial charge in [0.2, 0.25) is 0 Å². The lowest BCUT2D eigenvalue weighted by Gasteiger charge is -2.19. The molecule has 0 fully saturated rings. The van der Waals surface area contributed by atoms with E-state index in [9.17, 15) is 0 Å². The average Bonchev–Trinajstić information content (AvgIpc) is 2.98. The van der Waals surface area contributed by atoms with Gasteiger partial charge < -0.3 is 5.32 Å². The van der Waals surface area contributed by atoms with E-state index in [1.54, 1.807) is 11.3 Å². The molecule has 0 bridgehead atoms. The van der Waals surface area contributed by atoms with Crippen LogP contribution in [0.1, 0.15) is 29.5 Å². The monoisotopic (exact) mass is 295 g/mol. The van der Waals surface area contributed by atoms with Gasteiger partial charge in [-0.3, -0.25) is 0 Å². The third-order valence-electron chi connectivity index (χ3n) is 4.12. The van der Waals surface area contributed by atoms with Gasteiger partial charge in [-0.1, -0.05) is 24.3 Å². The normalized spacial score (nSPS) is 17.9. The van der Waals surface area contributed by atoms with Crippen molar-refractivity contribution in [3.05, 3.63) is 47.0 Å². The molecule has 21 heavy (non-hydrogen) atoms. The second kappa shape index (κ2) is 5.20. The van der Waals surface area contributed by atoms with E-state index in [2.05, 4.69) is 29.6 Å². The molecule has 2 heterocycles. The van der Waals surface area contributed by atoms with Crippen LogP contribution < -0.4 is 5.32 Å².